The molecule has 1 amide bonds. The molecule has 0 bridgehead atoms. The fraction of sp³-hybridized carbons (Fsp3) is 0.316. The average Bonchev–Trinajstić information content (AvgIpc) is 3.09. The zero-order chi connectivity index (χ0) is 16.9. The van der Waals surface area contributed by atoms with Gasteiger partial charge < -0.3 is 9.64 Å². The standard InChI is InChI=1S/C19H19Cl2NO2/c20-16-7-3-14(4-8-16)12-22(13-18-2-1-11-24-18)19(23)15-5-9-17(21)10-6-15/h3-10,18H,1-2,11-13H2/t18-/m0/s1. The van der Waals surface area contributed by atoms with Crippen LogP contribution in [0.15, 0.2) is 48.5 Å². The van der Waals surface area contributed by atoms with Crippen molar-refractivity contribution in [1.82, 2.24) is 4.90 Å². The molecule has 0 N–H and O–H groups in total. The monoisotopic (exact) mass is 363 g/mol. The van der Waals surface area contributed by atoms with Crippen LogP contribution in [0.4, 0.5) is 0 Å². The summed E-state index contributed by atoms with van der Waals surface area (Å²) < 4.78 is 5.71. The molecule has 1 fully saturated rings. The summed E-state index contributed by atoms with van der Waals surface area (Å²) >= 11 is 11.9. The maximum Gasteiger partial charge on any atom is 0.254 e. The lowest BCUT2D eigenvalue weighted by molar-refractivity contribution is 0.0507. The van der Waals surface area contributed by atoms with Gasteiger partial charge in [-0.2, -0.15) is 0 Å². The van der Waals surface area contributed by atoms with Crippen LogP contribution in [0.5, 0.6) is 0 Å². The number of nitrogens with zero attached hydrogens (tertiary/aromatic N) is 1. The molecule has 24 heavy (non-hydrogen) atoms. The van der Waals surface area contributed by atoms with E-state index in [1.54, 1.807) is 24.3 Å². The Morgan fingerprint density at radius 3 is 2.25 bits per heavy atom. The smallest absolute Gasteiger partial charge is 0.254 e. The third-order valence-corrected chi connectivity index (χ3v) is 4.62. The SMILES string of the molecule is O=C(c1ccc(Cl)cc1)N(Cc1ccc(Cl)cc1)C[C@@H]1CCCO1. The van der Waals surface area contributed by atoms with Crippen LogP contribution in [0.1, 0.15) is 28.8 Å². The Kier molecular flexibility index (Phi) is 5.77. The Bertz CT molecular complexity index is 680. The highest BCUT2D eigenvalue weighted by Crippen LogP contribution is 2.19. The molecule has 0 spiro atoms. The van der Waals surface area contributed by atoms with Crippen LogP contribution in [0, 0.1) is 0 Å². The van der Waals surface area contributed by atoms with Crippen molar-refractivity contribution >= 4 is 29.1 Å². The predicted octanol–water partition coefficient (Wildman–Crippen LogP) is 4.81. The Morgan fingerprint density at radius 2 is 1.67 bits per heavy atom. The number of amides is 1. The van der Waals surface area contributed by atoms with Crippen LogP contribution in [-0.2, 0) is 11.3 Å². The first-order valence-corrected chi connectivity index (χ1v) is 8.78. The molecular weight excluding hydrogens is 345 g/mol. The van der Waals surface area contributed by atoms with Gasteiger partial charge in [0, 0.05) is 35.3 Å². The van der Waals surface area contributed by atoms with E-state index in [0.29, 0.717) is 28.7 Å². The normalized spacial score (nSPS) is 17.0. The van der Waals surface area contributed by atoms with Crippen molar-refractivity contribution in [3.63, 3.8) is 0 Å². The summed E-state index contributed by atoms with van der Waals surface area (Å²) in [5.74, 6) is -0.0166. The van der Waals surface area contributed by atoms with Crippen LogP contribution in [-0.4, -0.2) is 30.1 Å². The zero-order valence-electron chi connectivity index (χ0n) is 13.3. The predicted molar refractivity (Wildman–Crippen MR) is 96.6 cm³/mol. The van der Waals surface area contributed by atoms with Gasteiger partial charge in [0.1, 0.15) is 0 Å². The summed E-state index contributed by atoms with van der Waals surface area (Å²) in [6.45, 7) is 1.89. The molecule has 0 aromatic heterocycles. The number of halogens is 2. The van der Waals surface area contributed by atoms with Gasteiger partial charge in [-0.15, -0.1) is 0 Å². The molecule has 126 valence electrons. The number of hydrogen-bond donors (Lipinski definition) is 0. The van der Waals surface area contributed by atoms with Crippen molar-refractivity contribution in [3.8, 4) is 0 Å². The molecule has 3 rings (SSSR count). The van der Waals surface area contributed by atoms with Gasteiger partial charge in [-0.1, -0.05) is 35.3 Å². The minimum absolute atomic E-state index is 0.0166. The first kappa shape index (κ1) is 17.3. The van der Waals surface area contributed by atoms with Crippen molar-refractivity contribution in [2.45, 2.75) is 25.5 Å². The highest BCUT2D eigenvalue weighted by Gasteiger charge is 2.23. The number of carbonyl (C=O) groups excluding carboxylic acids is 1. The van der Waals surface area contributed by atoms with Crippen LogP contribution in [0.2, 0.25) is 10.0 Å². The zero-order valence-corrected chi connectivity index (χ0v) is 14.8. The van der Waals surface area contributed by atoms with Crippen molar-refractivity contribution < 1.29 is 9.53 Å². The summed E-state index contributed by atoms with van der Waals surface area (Å²) in [5.41, 5.74) is 1.67. The largest absolute Gasteiger partial charge is 0.376 e. The average molecular weight is 364 g/mol. The summed E-state index contributed by atoms with van der Waals surface area (Å²) in [4.78, 5) is 14.8. The first-order valence-electron chi connectivity index (χ1n) is 8.03. The molecular formula is C19H19Cl2NO2. The van der Waals surface area contributed by atoms with Crippen LogP contribution >= 0.6 is 23.2 Å². The molecule has 1 aliphatic rings. The molecule has 0 radical (unpaired) electrons. The number of carbonyl (C=O) groups is 1. The van der Waals surface area contributed by atoms with Crippen molar-refractivity contribution in [2.75, 3.05) is 13.2 Å². The van der Waals surface area contributed by atoms with E-state index in [0.717, 1.165) is 25.0 Å². The summed E-state index contributed by atoms with van der Waals surface area (Å²) in [6.07, 6.45) is 2.15. The highest BCUT2D eigenvalue weighted by molar-refractivity contribution is 6.30. The molecule has 1 aliphatic heterocycles. The van der Waals surface area contributed by atoms with E-state index < -0.39 is 0 Å². The molecule has 1 heterocycles. The second kappa shape index (κ2) is 8.02. The fourth-order valence-electron chi connectivity index (χ4n) is 2.84. The second-order valence-corrected chi connectivity index (χ2v) is 6.83. The summed E-state index contributed by atoms with van der Waals surface area (Å²) in [7, 11) is 0. The molecule has 3 nitrogen and oxygen atoms in total. The lowest BCUT2D eigenvalue weighted by atomic mass is 10.1. The minimum Gasteiger partial charge on any atom is -0.376 e. The second-order valence-electron chi connectivity index (χ2n) is 5.95. The maximum absolute atomic E-state index is 12.9. The van der Waals surface area contributed by atoms with E-state index >= 15 is 0 Å². The van der Waals surface area contributed by atoms with Gasteiger partial charge in [-0.3, -0.25) is 4.79 Å². The number of hydrogen-bond acceptors (Lipinski definition) is 2. The van der Waals surface area contributed by atoms with E-state index in [1.165, 1.54) is 0 Å². The van der Waals surface area contributed by atoms with Gasteiger partial charge in [0.15, 0.2) is 0 Å². The van der Waals surface area contributed by atoms with Crippen LogP contribution in [0.25, 0.3) is 0 Å². The molecule has 0 aliphatic carbocycles. The maximum atomic E-state index is 12.9. The van der Waals surface area contributed by atoms with E-state index in [4.69, 9.17) is 27.9 Å². The molecule has 0 unspecified atom stereocenters. The minimum atomic E-state index is -0.0166. The van der Waals surface area contributed by atoms with Gasteiger partial charge in [-0.05, 0) is 54.8 Å². The van der Waals surface area contributed by atoms with Gasteiger partial charge >= 0.3 is 0 Å². The Labute approximate surface area is 152 Å². The van der Waals surface area contributed by atoms with E-state index in [-0.39, 0.29) is 12.0 Å². The van der Waals surface area contributed by atoms with E-state index in [1.807, 2.05) is 29.2 Å². The molecule has 5 heteroatoms. The molecule has 1 saturated heterocycles. The fourth-order valence-corrected chi connectivity index (χ4v) is 3.09. The lowest BCUT2D eigenvalue weighted by Gasteiger charge is -2.26. The Hall–Kier alpha value is -1.55. The van der Waals surface area contributed by atoms with Crippen molar-refractivity contribution in [2.24, 2.45) is 0 Å². The third-order valence-electron chi connectivity index (χ3n) is 4.11. The summed E-state index contributed by atoms with van der Waals surface area (Å²) in [6, 6.07) is 14.6. The number of ether oxygens (including phenoxy) is 1. The number of benzene rings is 2. The van der Waals surface area contributed by atoms with Crippen molar-refractivity contribution in [1.29, 1.82) is 0 Å². The van der Waals surface area contributed by atoms with Gasteiger partial charge in [0.2, 0.25) is 0 Å². The van der Waals surface area contributed by atoms with Gasteiger partial charge in [0.25, 0.3) is 5.91 Å². The van der Waals surface area contributed by atoms with E-state index in [9.17, 15) is 4.79 Å². The molecule has 2 aromatic rings. The van der Waals surface area contributed by atoms with Crippen LogP contribution in [0.3, 0.4) is 0 Å². The quantitative estimate of drug-likeness (QED) is 0.762. The summed E-state index contributed by atoms with van der Waals surface area (Å²) in [5, 5.41) is 1.31. The first-order chi connectivity index (χ1) is 11.6. The van der Waals surface area contributed by atoms with Crippen molar-refractivity contribution in [3.05, 3.63) is 69.7 Å². The Morgan fingerprint density at radius 1 is 1.04 bits per heavy atom. The van der Waals surface area contributed by atoms with Gasteiger partial charge in [-0.25, -0.2) is 0 Å². The highest BCUT2D eigenvalue weighted by atomic mass is 35.5. The molecule has 2 aromatic carbocycles. The molecule has 1 atom stereocenters. The van der Waals surface area contributed by atoms with Gasteiger partial charge in [0.05, 0.1) is 6.10 Å². The lowest BCUT2D eigenvalue weighted by Crippen LogP contribution is -2.36. The third kappa shape index (κ3) is 4.50. The topological polar surface area (TPSA) is 29.5 Å². The number of rotatable bonds is 5. The van der Waals surface area contributed by atoms with Crippen LogP contribution < -0.4 is 0 Å². The molecule has 0 saturated carbocycles. The Balaban J connectivity index is 1.78. The van der Waals surface area contributed by atoms with E-state index in [2.05, 4.69) is 0 Å².